The Labute approximate surface area is 189 Å². The molecule has 3 N–H and O–H groups in total. The maximum Gasteiger partial charge on any atom is 0.252 e. The molecule has 154 valence electrons. The number of aromatic amines is 1. The minimum Gasteiger partial charge on any atom is -0.394 e. The smallest absolute Gasteiger partial charge is 0.252 e. The van der Waals surface area contributed by atoms with E-state index in [0.29, 0.717) is 16.5 Å². The summed E-state index contributed by atoms with van der Waals surface area (Å²) in [7, 11) is 0. The fourth-order valence-corrected chi connectivity index (χ4v) is 3.86. The topological polar surface area (TPSA) is 65.1 Å². The Balaban J connectivity index is 1.51. The highest BCUT2D eigenvalue weighted by Gasteiger charge is 2.17. The molecular weight excluding hydrogens is 452 g/mol. The molecule has 1 aromatic heterocycles. The summed E-state index contributed by atoms with van der Waals surface area (Å²) in [6.45, 7) is -0.156. The molecule has 4 aromatic rings. The van der Waals surface area contributed by atoms with E-state index in [-0.39, 0.29) is 12.5 Å². The minimum absolute atomic E-state index is 0.156. The first kappa shape index (κ1) is 20.9. The van der Waals surface area contributed by atoms with Gasteiger partial charge in [-0.2, -0.15) is 0 Å². The van der Waals surface area contributed by atoms with E-state index in [2.05, 4.69) is 38.1 Å². The molecule has 4 nitrogen and oxygen atoms in total. The average molecular weight is 473 g/mol. The molecular formula is C26H21BrN2O2. The lowest BCUT2D eigenvalue weighted by atomic mass is 10.0. The van der Waals surface area contributed by atoms with Crippen molar-refractivity contribution in [3.63, 3.8) is 0 Å². The van der Waals surface area contributed by atoms with Gasteiger partial charge in [-0.3, -0.25) is 4.79 Å². The number of amides is 1. The number of hydrogen-bond acceptors (Lipinski definition) is 2. The van der Waals surface area contributed by atoms with Crippen LogP contribution in [-0.4, -0.2) is 28.6 Å². The van der Waals surface area contributed by atoms with Gasteiger partial charge in [-0.15, -0.1) is 0 Å². The monoisotopic (exact) mass is 472 g/mol. The Bertz CT molecular complexity index is 1270. The largest absolute Gasteiger partial charge is 0.394 e. The molecule has 0 unspecified atom stereocenters. The Kier molecular flexibility index (Phi) is 6.51. The van der Waals surface area contributed by atoms with Crippen molar-refractivity contribution in [1.29, 1.82) is 0 Å². The summed E-state index contributed by atoms with van der Waals surface area (Å²) in [5, 5.41) is 13.9. The van der Waals surface area contributed by atoms with Gasteiger partial charge in [0, 0.05) is 32.7 Å². The number of H-pyrrole nitrogens is 1. The van der Waals surface area contributed by atoms with Gasteiger partial charge < -0.3 is 15.4 Å². The van der Waals surface area contributed by atoms with Gasteiger partial charge in [0.2, 0.25) is 0 Å². The minimum atomic E-state index is -0.405. The van der Waals surface area contributed by atoms with E-state index in [1.807, 2.05) is 72.9 Å². The molecule has 1 amide bonds. The molecule has 4 rings (SSSR count). The number of benzene rings is 3. The fraction of sp³-hybridized carbons (Fsp3) is 0.115. The second kappa shape index (κ2) is 9.65. The Morgan fingerprint density at radius 3 is 2.55 bits per heavy atom. The number of fused-ring (bicyclic) bond motifs is 1. The lowest BCUT2D eigenvalue weighted by molar-refractivity contribution is 0.0915. The second-order valence-corrected chi connectivity index (χ2v) is 8.08. The lowest BCUT2D eigenvalue weighted by Crippen LogP contribution is -2.39. The highest BCUT2D eigenvalue weighted by atomic mass is 79.9. The molecule has 0 fully saturated rings. The zero-order chi connectivity index (χ0) is 21.6. The maximum absolute atomic E-state index is 12.9. The molecule has 31 heavy (non-hydrogen) atoms. The first-order chi connectivity index (χ1) is 15.1. The van der Waals surface area contributed by atoms with E-state index in [0.717, 1.165) is 27.6 Å². The second-order valence-electron chi connectivity index (χ2n) is 7.23. The van der Waals surface area contributed by atoms with Crippen LogP contribution in [0.5, 0.6) is 0 Å². The fourth-order valence-electron chi connectivity index (χ4n) is 3.43. The summed E-state index contributed by atoms with van der Waals surface area (Å²) >= 11 is 3.46. The van der Waals surface area contributed by atoms with Crippen molar-refractivity contribution in [2.75, 3.05) is 6.61 Å². The van der Waals surface area contributed by atoms with Gasteiger partial charge in [0.1, 0.15) is 0 Å². The molecule has 5 heteroatoms. The number of carbonyl (C=O) groups excluding carboxylic acids is 1. The van der Waals surface area contributed by atoms with Crippen LogP contribution in [-0.2, 0) is 6.42 Å². The van der Waals surface area contributed by atoms with Crippen LogP contribution in [0.15, 0.2) is 83.5 Å². The zero-order valence-corrected chi connectivity index (χ0v) is 18.3. The van der Waals surface area contributed by atoms with Crippen molar-refractivity contribution < 1.29 is 9.90 Å². The quantitative estimate of drug-likeness (QED) is 0.369. The van der Waals surface area contributed by atoms with Crippen LogP contribution in [0, 0.1) is 11.8 Å². The molecule has 0 aliphatic carbocycles. The molecule has 0 aliphatic heterocycles. The van der Waals surface area contributed by atoms with Crippen LogP contribution in [0.4, 0.5) is 0 Å². The molecule has 0 radical (unpaired) electrons. The molecule has 0 spiro atoms. The predicted molar refractivity (Wildman–Crippen MR) is 127 cm³/mol. The maximum atomic E-state index is 12.9. The van der Waals surface area contributed by atoms with E-state index < -0.39 is 6.04 Å². The van der Waals surface area contributed by atoms with Gasteiger partial charge in [0.05, 0.1) is 18.2 Å². The number of para-hydroxylation sites is 1. The van der Waals surface area contributed by atoms with E-state index >= 15 is 0 Å². The van der Waals surface area contributed by atoms with Crippen molar-refractivity contribution in [3.05, 3.63) is 106 Å². The molecule has 0 saturated heterocycles. The number of aliphatic hydroxyl groups is 1. The van der Waals surface area contributed by atoms with Crippen LogP contribution >= 0.6 is 15.9 Å². The van der Waals surface area contributed by atoms with Gasteiger partial charge in [-0.05, 0) is 64.3 Å². The highest BCUT2D eigenvalue weighted by Crippen LogP contribution is 2.21. The van der Waals surface area contributed by atoms with E-state index in [4.69, 9.17) is 0 Å². The van der Waals surface area contributed by atoms with Gasteiger partial charge in [-0.1, -0.05) is 48.2 Å². The van der Waals surface area contributed by atoms with Crippen LogP contribution in [0.1, 0.15) is 27.0 Å². The zero-order valence-electron chi connectivity index (χ0n) is 16.7. The Morgan fingerprint density at radius 2 is 1.74 bits per heavy atom. The number of hydrogen-bond donors (Lipinski definition) is 3. The summed E-state index contributed by atoms with van der Waals surface area (Å²) in [6.07, 6.45) is 2.45. The van der Waals surface area contributed by atoms with E-state index in [1.165, 1.54) is 0 Å². The van der Waals surface area contributed by atoms with Crippen molar-refractivity contribution in [3.8, 4) is 11.8 Å². The third kappa shape index (κ3) is 5.05. The predicted octanol–water partition coefficient (Wildman–Crippen LogP) is 4.66. The number of halogens is 1. The van der Waals surface area contributed by atoms with Crippen LogP contribution in [0.2, 0.25) is 0 Å². The first-order valence-electron chi connectivity index (χ1n) is 9.97. The van der Waals surface area contributed by atoms with Crippen LogP contribution in [0.25, 0.3) is 10.9 Å². The summed E-state index contributed by atoms with van der Waals surface area (Å²) in [6, 6.07) is 22.7. The molecule has 0 bridgehead atoms. The lowest BCUT2D eigenvalue weighted by Gasteiger charge is -2.17. The number of aliphatic hydroxyl groups excluding tert-OH is 1. The summed E-state index contributed by atoms with van der Waals surface area (Å²) < 4.78 is 0.680. The Hall–Kier alpha value is -3.33. The molecule has 1 atom stereocenters. The SMILES string of the molecule is O=C(N[C@@H](CO)Cc1c[nH]c2ccccc12)c1cc(C#Cc2ccccc2)ccc1Br. The van der Waals surface area contributed by atoms with Crippen LogP contribution < -0.4 is 5.32 Å². The number of carbonyl (C=O) groups is 1. The number of rotatable bonds is 5. The van der Waals surface area contributed by atoms with Gasteiger partial charge in [0.25, 0.3) is 5.91 Å². The summed E-state index contributed by atoms with van der Waals surface area (Å²) in [5.41, 5.74) is 4.23. The van der Waals surface area contributed by atoms with Crippen LogP contribution in [0.3, 0.4) is 0 Å². The third-order valence-corrected chi connectivity index (χ3v) is 5.72. The number of nitrogens with one attached hydrogen (secondary N) is 2. The molecule has 1 heterocycles. The number of aromatic nitrogens is 1. The first-order valence-corrected chi connectivity index (χ1v) is 10.8. The Morgan fingerprint density at radius 1 is 1.00 bits per heavy atom. The van der Waals surface area contributed by atoms with Gasteiger partial charge in [-0.25, -0.2) is 0 Å². The summed E-state index contributed by atoms with van der Waals surface area (Å²) in [5.74, 6) is 5.95. The third-order valence-electron chi connectivity index (χ3n) is 5.03. The molecule has 0 saturated carbocycles. The summed E-state index contributed by atoms with van der Waals surface area (Å²) in [4.78, 5) is 16.2. The molecule has 0 aliphatic rings. The van der Waals surface area contributed by atoms with E-state index in [9.17, 15) is 9.90 Å². The molecule has 3 aromatic carbocycles. The highest BCUT2D eigenvalue weighted by molar-refractivity contribution is 9.10. The van der Waals surface area contributed by atoms with Crippen molar-refractivity contribution in [2.24, 2.45) is 0 Å². The van der Waals surface area contributed by atoms with Crippen molar-refractivity contribution >= 4 is 32.7 Å². The van der Waals surface area contributed by atoms with Crippen molar-refractivity contribution in [2.45, 2.75) is 12.5 Å². The van der Waals surface area contributed by atoms with Gasteiger partial charge >= 0.3 is 0 Å². The van der Waals surface area contributed by atoms with Crippen molar-refractivity contribution in [1.82, 2.24) is 10.3 Å². The average Bonchev–Trinajstić information content (AvgIpc) is 3.21. The van der Waals surface area contributed by atoms with Gasteiger partial charge in [0.15, 0.2) is 0 Å². The normalized spacial score (nSPS) is 11.5. The standard InChI is InChI=1S/C26H21BrN2O2/c27-24-13-12-19(11-10-18-6-2-1-3-7-18)14-23(24)26(31)29-21(17-30)15-20-16-28-25-9-5-4-8-22(20)25/h1-9,12-14,16,21,28,30H,15,17H2,(H,29,31)/t21-/m1/s1. The van der Waals surface area contributed by atoms with E-state index in [1.54, 1.807) is 6.07 Å².